The summed E-state index contributed by atoms with van der Waals surface area (Å²) >= 11 is 0. The first-order chi connectivity index (χ1) is 9.26. The highest BCUT2D eigenvalue weighted by Crippen LogP contribution is 2.40. The fourth-order valence-electron chi connectivity index (χ4n) is 3.23. The van der Waals surface area contributed by atoms with Crippen LogP contribution in [0.4, 0.5) is 5.69 Å². The molecule has 1 saturated carbocycles. The number of nitrogens with zero attached hydrogens (tertiary/aromatic N) is 1. The summed E-state index contributed by atoms with van der Waals surface area (Å²) in [5.74, 6) is 1.13. The molecule has 0 radical (unpaired) electrons. The lowest BCUT2D eigenvalue weighted by molar-refractivity contribution is -0.176. The van der Waals surface area contributed by atoms with Crippen molar-refractivity contribution in [1.29, 1.82) is 0 Å². The quantitative estimate of drug-likeness (QED) is 0.594. The van der Waals surface area contributed by atoms with E-state index in [2.05, 4.69) is 17.0 Å². The Morgan fingerprint density at radius 2 is 1.74 bits per heavy atom. The van der Waals surface area contributed by atoms with Crippen LogP contribution in [0.3, 0.4) is 0 Å². The predicted molar refractivity (Wildman–Crippen MR) is 71.9 cm³/mol. The summed E-state index contributed by atoms with van der Waals surface area (Å²) < 4.78 is 5.18. The number of carbonyl (C=O) groups excluding carboxylic acids is 1. The highest BCUT2D eigenvalue weighted by Gasteiger charge is 2.37. The van der Waals surface area contributed by atoms with E-state index in [1.165, 1.54) is 5.56 Å². The summed E-state index contributed by atoms with van der Waals surface area (Å²) in [5, 5.41) is 0. The molecule has 3 nitrogen and oxygen atoms in total. The Bertz CT molecular complexity index is 499. The molecule has 1 aliphatic carbocycles. The van der Waals surface area contributed by atoms with Gasteiger partial charge in [-0.2, -0.15) is 0 Å². The number of cyclic esters (lactones) is 1. The number of rotatable bonds is 2. The van der Waals surface area contributed by atoms with Crippen LogP contribution in [0, 0.1) is 12.5 Å². The second kappa shape index (κ2) is 5.05. The Morgan fingerprint density at radius 3 is 2.26 bits per heavy atom. The highest BCUT2D eigenvalue weighted by atomic mass is 16.6. The Labute approximate surface area is 113 Å². The molecule has 98 valence electrons. The summed E-state index contributed by atoms with van der Waals surface area (Å²) in [5.41, 5.74) is 2.05. The zero-order chi connectivity index (χ0) is 13.2. The molecule has 0 spiro atoms. The van der Waals surface area contributed by atoms with Crippen LogP contribution in [0.1, 0.15) is 43.6 Å². The first kappa shape index (κ1) is 12.2. The van der Waals surface area contributed by atoms with Crippen LogP contribution >= 0.6 is 0 Å². The fourth-order valence-corrected chi connectivity index (χ4v) is 3.23. The molecule has 1 unspecified atom stereocenters. The van der Waals surface area contributed by atoms with Crippen molar-refractivity contribution in [2.24, 2.45) is 5.92 Å². The lowest BCUT2D eigenvalue weighted by Gasteiger charge is -2.37. The van der Waals surface area contributed by atoms with Crippen molar-refractivity contribution in [3.05, 3.63) is 41.2 Å². The number of esters is 1. The molecule has 1 atom stereocenters. The van der Waals surface area contributed by atoms with Gasteiger partial charge in [-0.1, -0.05) is 24.3 Å². The van der Waals surface area contributed by atoms with Gasteiger partial charge < -0.3 is 4.74 Å². The molecule has 1 heterocycles. The van der Waals surface area contributed by atoms with E-state index in [0.717, 1.165) is 25.7 Å². The number of carbonyl (C=O) groups is 1. The maximum Gasteiger partial charge on any atom is 0.309 e. The molecule has 1 aromatic carbocycles. The number of benzene rings is 1. The normalized spacial score (nSPS) is 30.1. The number of ether oxygens (including phenoxy) is 1. The lowest BCUT2D eigenvalue weighted by Crippen LogP contribution is -2.40. The highest BCUT2D eigenvalue weighted by molar-refractivity contribution is 5.75. The predicted octanol–water partition coefficient (Wildman–Crippen LogP) is 3.83. The third-order valence-electron chi connectivity index (χ3n) is 4.44. The summed E-state index contributed by atoms with van der Waals surface area (Å²) in [7, 11) is 0. The molecule has 2 aliphatic rings. The molecule has 3 heteroatoms. The van der Waals surface area contributed by atoms with Gasteiger partial charge in [0.15, 0.2) is 5.69 Å². The Hall–Kier alpha value is -1.82. The van der Waals surface area contributed by atoms with Gasteiger partial charge in [0.2, 0.25) is 0 Å². The molecule has 1 aromatic rings. The van der Waals surface area contributed by atoms with E-state index in [9.17, 15) is 4.79 Å². The van der Waals surface area contributed by atoms with Gasteiger partial charge in [0.05, 0.1) is 13.0 Å². The first-order valence-electron chi connectivity index (χ1n) is 6.93. The van der Waals surface area contributed by atoms with Gasteiger partial charge in [-0.05, 0) is 43.1 Å². The second-order valence-corrected chi connectivity index (χ2v) is 5.55. The van der Waals surface area contributed by atoms with E-state index in [0.29, 0.717) is 23.9 Å². The average molecular weight is 255 g/mol. The molecule has 19 heavy (non-hydrogen) atoms. The summed E-state index contributed by atoms with van der Waals surface area (Å²) in [6, 6.07) is 7.98. The SMILES string of the molecule is [C-]#[N+]c1ccc(C2CCC(C3CC(=O)O3)CC2)cc1. The Balaban J connectivity index is 1.57. The minimum absolute atomic E-state index is 0.0399. The van der Waals surface area contributed by atoms with Crippen molar-refractivity contribution in [1.82, 2.24) is 0 Å². The smallest absolute Gasteiger partial charge is 0.309 e. The molecule has 0 amide bonds. The standard InChI is InChI=1S/C16H17NO2/c1-17-14-8-6-12(7-9-14)11-2-4-13(5-3-11)15-10-16(18)19-15/h6-9,11,13,15H,2-5,10H2. The summed E-state index contributed by atoms with van der Waals surface area (Å²) in [6.07, 6.45) is 5.43. The largest absolute Gasteiger partial charge is 0.461 e. The van der Waals surface area contributed by atoms with E-state index in [4.69, 9.17) is 11.3 Å². The Morgan fingerprint density at radius 1 is 1.11 bits per heavy atom. The van der Waals surface area contributed by atoms with E-state index >= 15 is 0 Å². The van der Waals surface area contributed by atoms with Gasteiger partial charge >= 0.3 is 5.97 Å². The molecular weight excluding hydrogens is 238 g/mol. The van der Waals surface area contributed by atoms with Gasteiger partial charge in [-0.25, -0.2) is 4.85 Å². The second-order valence-electron chi connectivity index (χ2n) is 5.55. The van der Waals surface area contributed by atoms with Gasteiger partial charge in [0, 0.05) is 0 Å². The number of hydrogen-bond acceptors (Lipinski definition) is 2. The lowest BCUT2D eigenvalue weighted by atomic mass is 9.75. The van der Waals surface area contributed by atoms with Crippen LogP contribution < -0.4 is 0 Å². The zero-order valence-electron chi connectivity index (χ0n) is 10.8. The number of hydrogen-bond donors (Lipinski definition) is 0. The minimum Gasteiger partial charge on any atom is -0.461 e. The zero-order valence-corrected chi connectivity index (χ0v) is 10.8. The average Bonchev–Trinajstić information content (AvgIpc) is 2.44. The van der Waals surface area contributed by atoms with Crippen molar-refractivity contribution in [2.75, 3.05) is 0 Å². The Kier molecular flexibility index (Phi) is 3.25. The van der Waals surface area contributed by atoms with Gasteiger partial charge in [0.1, 0.15) is 6.10 Å². The molecule has 0 bridgehead atoms. The van der Waals surface area contributed by atoms with Crippen LogP contribution in [0.15, 0.2) is 24.3 Å². The molecule has 3 rings (SSSR count). The minimum atomic E-state index is -0.0399. The third-order valence-corrected chi connectivity index (χ3v) is 4.44. The van der Waals surface area contributed by atoms with Crippen molar-refractivity contribution in [3.63, 3.8) is 0 Å². The van der Waals surface area contributed by atoms with Crippen molar-refractivity contribution >= 4 is 11.7 Å². The summed E-state index contributed by atoms with van der Waals surface area (Å²) in [4.78, 5) is 14.3. The first-order valence-corrected chi connectivity index (χ1v) is 6.93. The van der Waals surface area contributed by atoms with Crippen LogP contribution in [-0.2, 0) is 9.53 Å². The van der Waals surface area contributed by atoms with Crippen LogP contribution in [-0.4, -0.2) is 12.1 Å². The van der Waals surface area contributed by atoms with Crippen molar-refractivity contribution in [2.45, 2.75) is 44.1 Å². The van der Waals surface area contributed by atoms with Crippen molar-refractivity contribution in [3.8, 4) is 0 Å². The van der Waals surface area contributed by atoms with Gasteiger partial charge in [0.25, 0.3) is 0 Å². The third kappa shape index (κ3) is 2.49. The van der Waals surface area contributed by atoms with E-state index < -0.39 is 0 Å². The van der Waals surface area contributed by atoms with E-state index in [1.807, 2.05) is 12.1 Å². The van der Waals surface area contributed by atoms with Gasteiger partial charge in [-0.3, -0.25) is 4.79 Å². The summed E-state index contributed by atoms with van der Waals surface area (Å²) in [6.45, 7) is 6.96. The van der Waals surface area contributed by atoms with Crippen LogP contribution in [0.5, 0.6) is 0 Å². The molecule has 1 aliphatic heterocycles. The van der Waals surface area contributed by atoms with E-state index in [-0.39, 0.29) is 12.1 Å². The van der Waals surface area contributed by atoms with Crippen molar-refractivity contribution < 1.29 is 9.53 Å². The molecule has 1 saturated heterocycles. The van der Waals surface area contributed by atoms with Crippen LogP contribution in [0.25, 0.3) is 4.85 Å². The molecule has 0 N–H and O–H groups in total. The van der Waals surface area contributed by atoms with E-state index in [1.54, 1.807) is 0 Å². The molecular formula is C16H17NO2. The fraction of sp³-hybridized carbons (Fsp3) is 0.500. The maximum atomic E-state index is 10.9. The van der Waals surface area contributed by atoms with Crippen LogP contribution in [0.2, 0.25) is 0 Å². The monoisotopic (exact) mass is 255 g/mol. The maximum absolute atomic E-state index is 10.9. The topological polar surface area (TPSA) is 30.7 Å². The molecule has 0 aromatic heterocycles. The molecule has 2 fully saturated rings. The van der Waals surface area contributed by atoms with Gasteiger partial charge in [-0.15, -0.1) is 0 Å².